The van der Waals surface area contributed by atoms with Crippen LogP contribution < -0.4 is 4.74 Å². The molecule has 3 aromatic rings. The molecule has 0 aliphatic carbocycles. The molecule has 0 bridgehead atoms. The fourth-order valence-electron chi connectivity index (χ4n) is 2.43. The summed E-state index contributed by atoms with van der Waals surface area (Å²) in [6, 6.07) is 17.5. The SMILES string of the molecule is Cc1cncc(-c2ccc(OCc3ccccc3)cc2C=O)c1. The summed E-state index contributed by atoms with van der Waals surface area (Å²) < 4.78 is 5.77. The van der Waals surface area contributed by atoms with Gasteiger partial charge in [0.25, 0.3) is 0 Å². The van der Waals surface area contributed by atoms with Crippen LogP contribution in [0.3, 0.4) is 0 Å². The average molecular weight is 303 g/mol. The number of hydrogen-bond donors (Lipinski definition) is 0. The Balaban J connectivity index is 1.83. The van der Waals surface area contributed by atoms with Gasteiger partial charge in [0.05, 0.1) is 0 Å². The first-order chi connectivity index (χ1) is 11.3. The minimum Gasteiger partial charge on any atom is -0.489 e. The summed E-state index contributed by atoms with van der Waals surface area (Å²) in [5.74, 6) is 0.681. The van der Waals surface area contributed by atoms with E-state index in [0.29, 0.717) is 17.9 Å². The molecule has 0 saturated heterocycles. The van der Waals surface area contributed by atoms with E-state index >= 15 is 0 Å². The zero-order chi connectivity index (χ0) is 16.1. The van der Waals surface area contributed by atoms with Gasteiger partial charge in [0.2, 0.25) is 0 Å². The Morgan fingerprint density at radius 3 is 2.61 bits per heavy atom. The number of carbonyl (C=O) groups is 1. The molecular weight excluding hydrogens is 286 g/mol. The number of aldehydes is 1. The van der Waals surface area contributed by atoms with E-state index in [4.69, 9.17) is 4.74 Å². The fourth-order valence-corrected chi connectivity index (χ4v) is 2.43. The normalized spacial score (nSPS) is 10.3. The Labute approximate surface area is 135 Å². The number of carbonyl (C=O) groups excluding carboxylic acids is 1. The molecule has 0 amide bonds. The lowest BCUT2D eigenvalue weighted by Gasteiger charge is -2.10. The highest BCUT2D eigenvalue weighted by Gasteiger charge is 2.07. The number of ether oxygens (including phenoxy) is 1. The first-order valence-corrected chi connectivity index (χ1v) is 7.44. The van der Waals surface area contributed by atoms with Crippen molar-refractivity contribution in [3.05, 3.63) is 83.7 Å². The van der Waals surface area contributed by atoms with Crippen molar-refractivity contribution in [3.8, 4) is 16.9 Å². The van der Waals surface area contributed by atoms with E-state index in [1.165, 1.54) is 0 Å². The van der Waals surface area contributed by atoms with Crippen LogP contribution in [0.4, 0.5) is 0 Å². The van der Waals surface area contributed by atoms with E-state index in [1.807, 2.05) is 55.5 Å². The highest BCUT2D eigenvalue weighted by Crippen LogP contribution is 2.27. The second-order valence-corrected chi connectivity index (χ2v) is 5.39. The Morgan fingerprint density at radius 1 is 1.04 bits per heavy atom. The fraction of sp³-hybridized carbons (Fsp3) is 0.100. The molecule has 0 radical (unpaired) electrons. The van der Waals surface area contributed by atoms with Crippen LogP contribution in [0.2, 0.25) is 0 Å². The summed E-state index contributed by atoms with van der Waals surface area (Å²) in [6.45, 7) is 2.46. The Kier molecular flexibility index (Phi) is 4.48. The molecule has 0 saturated carbocycles. The molecule has 0 aliphatic rings. The number of hydrogen-bond acceptors (Lipinski definition) is 3. The number of pyridine rings is 1. The lowest BCUT2D eigenvalue weighted by Crippen LogP contribution is -1.97. The summed E-state index contributed by atoms with van der Waals surface area (Å²) in [5, 5.41) is 0. The largest absolute Gasteiger partial charge is 0.489 e. The molecule has 1 aromatic heterocycles. The lowest BCUT2D eigenvalue weighted by atomic mass is 10.0. The minimum atomic E-state index is 0.477. The van der Waals surface area contributed by atoms with E-state index in [1.54, 1.807) is 18.5 Å². The second kappa shape index (κ2) is 6.88. The van der Waals surface area contributed by atoms with Crippen LogP contribution in [0.1, 0.15) is 21.5 Å². The maximum Gasteiger partial charge on any atom is 0.150 e. The van der Waals surface area contributed by atoms with Gasteiger partial charge in [-0.2, -0.15) is 0 Å². The van der Waals surface area contributed by atoms with Gasteiger partial charge < -0.3 is 4.74 Å². The van der Waals surface area contributed by atoms with Crippen LogP contribution in [-0.2, 0) is 6.61 Å². The molecule has 0 spiro atoms. The summed E-state index contributed by atoms with van der Waals surface area (Å²) in [7, 11) is 0. The van der Waals surface area contributed by atoms with Crippen molar-refractivity contribution in [2.24, 2.45) is 0 Å². The molecule has 0 aliphatic heterocycles. The minimum absolute atomic E-state index is 0.477. The van der Waals surface area contributed by atoms with Gasteiger partial charge in [-0.3, -0.25) is 9.78 Å². The maximum absolute atomic E-state index is 11.4. The van der Waals surface area contributed by atoms with Gasteiger partial charge in [0.15, 0.2) is 6.29 Å². The van der Waals surface area contributed by atoms with E-state index in [9.17, 15) is 4.79 Å². The standard InChI is InChI=1S/C20H17NO2/c1-15-9-17(12-21-11-15)20-8-7-19(10-18(20)13-22)23-14-16-5-3-2-4-6-16/h2-13H,14H2,1H3. The predicted molar refractivity (Wildman–Crippen MR) is 90.6 cm³/mol. The number of rotatable bonds is 5. The van der Waals surface area contributed by atoms with Crippen LogP contribution in [0.5, 0.6) is 5.75 Å². The van der Waals surface area contributed by atoms with Gasteiger partial charge in [-0.25, -0.2) is 0 Å². The van der Waals surface area contributed by atoms with E-state index in [2.05, 4.69) is 4.98 Å². The van der Waals surface area contributed by atoms with Crippen molar-refractivity contribution in [2.45, 2.75) is 13.5 Å². The van der Waals surface area contributed by atoms with Gasteiger partial charge in [-0.1, -0.05) is 30.3 Å². The maximum atomic E-state index is 11.4. The van der Waals surface area contributed by atoms with Crippen LogP contribution >= 0.6 is 0 Å². The van der Waals surface area contributed by atoms with Crippen molar-refractivity contribution in [1.82, 2.24) is 4.98 Å². The lowest BCUT2D eigenvalue weighted by molar-refractivity contribution is 0.112. The zero-order valence-corrected chi connectivity index (χ0v) is 12.9. The topological polar surface area (TPSA) is 39.2 Å². The molecule has 114 valence electrons. The monoisotopic (exact) mass is 303 g/mol. The zero-order valence-electron chi connectivity index (χ0n) is 12.9. The van der Waals surface area contributed by atoms with Crippen LogP contribution in [0.25, 0.3) is 11.1 Å². The molecule has 0 atom stereocenters. The Hall–Kier alpha value is -2.94. The highest BCUT2D eigenvalue weighted by atomic mass is 16.5. The third-order valence-corrected chi connectivity index (χ3v) is 3.58. The Bertz CT molecular complexity index is 813. The van der Waals surface area contributed by atoms with Crippen molar-refractivity contribution >= 4 is 6.29 Å². The average Bonchev–Trinajstić information content (AvgIpc) is 2.60. The third kappa shape index (κ3) is 3.64. The smallest absolute Gasteiger partial charge is 0.150 e. The van der Waals surface area contributed by atoms with Crippen molar-refractivity contribution in [3.63, 3.8) is 0 Å². The van der Waals surface area contributed by atoms with Crippen molar-refractivity contribution < 1.29 is 9.53 Å². The second-order valence-electron chi connectivity index (χ2n) is 5.39. The number of aryl methyl sites for hydroxylation is 1. The molecule has 3 rings (SSSR count). The summed E-state index contributed by atoms with van der Waals surface area (Å²) >= 11 is 0. The van der Waals surface area contributed by atoms with Gasteiger partial charge >= 0.3 is 0 Å². The third-order valence-electron chi connectivity index (χ3n) is 3.58. The molecule has 0 N–H and O–H groups in total. The van der Waals surface area contributed by atoms with Crippen LogP contribution in [0, 0.1) is 6.92 Å². The van der Waals surface area contributed by atoms with Gasteiger partial charge in [0, 0.05) is 23.5 Å². The number of aromatic nitrogens is 1. The van der Waals surface area contributed by atoms with E-state index in [-0.39, 0.29) is 0 Å². The van der Waals surface area contributed by atoms with Gasteiger partial charge in [-0.15, -0.1) is 0 Å². The van der Waals surface area contributed by atoms with Gasteiger partial charge in [0.1, 0.15) is 12.4 Å². The molecule has 1 heterocycles. The highest BCUT2D eigenvalue weighted by molar-refractivity contribution is 5.88. The molecule has 3 heteroatoms. The first-order valence-electron chi connectivity index (χ1n) is 7.44. The van der Waals surface area contributed by atoms with Crippen molar-refractivity contribution in [2.75, 3.05) is 0 Å². The van der Waals surface area contributed by atoms with Crippen LogP contribution in [0.15, 0.2) is 67.0 Å². The molecule has 23 heavy (non-hydrogen) atoms. The molecule has 0 unspecified atom stereocenters. The predicted octanol–water partition coefficient (Wildman–Crippen LogP) is 4.45. The van der Waals surface area contributed by atoms with E-state index < -0.39 is 0 Å². The summed E-state index contributed by atoms with van der Waals surface area (Å²) in [4.78, 5) is 15.6. The molecule has 2 aromatic carbocycles. The molecular formula is C20H17NO2. The number of nitrogens with zero attached hydrogens (tertiary/aromatic N) is 1. The van der Waals surface area contributed by atoms with Gasteiger partial charge in [-0.05, 0) is 47.9 Å². The summed E-state index contributed by atoms with van der Waals surface area (Å²) in [6.07, 6.45) is 4.41. The van der Waals surface area contributed by atoms with Crippen LogP contribution in [-0.4, -0.2) is 11.3 Å². The summed E-state index contributed by atoms with van der Waals surface area (Å²) in [5.41, 5.74) is 4.55. The quantitative estimate of drug-likeness (QED) is 0.654. The molecule has 0 fully saturated rings. The molecule has 3 nitrogen and oxygen atoms in total. The first kappa shape index (κ1) is 15.0. The van der Waals surface area contributed by atoms with E-state index in [0.717, 1.165) is 28.5 Å². The van der Waals surface area contributed by atoms with Crippen molar-refractivity contribution in [1.29, 1.82) is 0 Å². The Morgan fingerprint density at radius 2 is 1.87 bits per heavy atom. The number of benzene rings is 2.